The van der Waals surface area contributed by atoms with Crippen molar-refractivity contribution in [2.45, 2.75) is 32.9 Å². The van der Waals surface area contributed by atoms with Gasteiger partial charge in [0.05, 0.1) is 21.9 Å². The van der Waals surface area contributed by atoms with Gasteiger partial charge in [-0.15, -0.1) is 0 Å². The van der Waals surface area contributed by atoms with Crippen molar-refractivity contribution in [2.24, 2.45) is 0 Å². The van der Waals surface area contributed by atoms with E-state index in [-0.39, 0.29) is 23.2 Å². The maximum Gasteiger partial charge on any atom is 0.269 e. The molecule has 0 radical (unpaired) electrons. The van der Waals surface area contributed by atoms with Crippen LogP contribution >= 0.6 is 0 Å². The van der Waals surface area contributed by atoms with Crippen LogP contribution in [0, 0.1) is 10.1 Å². The highest BCUT2D eigenvalue weighted by molar-refractivity contribution is 5.91. The third kappa shape index (κ3) is 5.30. The molecule has 1 unspecified atom stereocenters. The first-order valence-corrected chi connectivity index (χ1v) is 11.8. The zero-order chi connectivity index (χ0) is 24.9. The van der Waals surface area contributed by atoms with Gasteiger partial charge in [0.1, 0.15) is 5.82 Å². The normalized spacial score (nSPS) is 15.5. The van der Waals surface area contributed by atoms with Crippen LogP contribution in [-0.4, -0.2) is 56.4 Å². The van der Waals surface area contributed by atoms with Crippen LogP contribution in [-0.2, 0) is 11.3 Å². The monoisotopic (exact) mass is 475 g/mol. The van der Waals surface area contributed by atoms with E-state index in [0.717, 1.165) is 17.8 Å². The van der Waals surface area contributed by atoms with E-state index in [9.17, 15) is 19.7 Å². The number of carbonyl (C=O) groups is 1. The second-order valence-corrected chi connectivity index (χ2v) is 8.66. The predicted octanol–water partition coefficient (Wildman–Crippen LogP) is 3.63. The molecule has 0 N–H and O–H groups in total. The number of piperazine rings is 1. The number of hydrogen-bond donors (Lipinski definition) is 0. The van der Waals surface area contributed by atoms with Gasteiger partial charge in [-0.05, 0) is 49.2 Å². The zero-order valence-corrected chi connectivity index (χ0v) is 20.0. The number of non-ortho nitro benzene ring substituents is 1. The summed E-state index contributed by atoms with van der Waals surface area (Å²) in [5, 5.41) is 11.4. The van der Waals surface area contributed by atoms with Crippen molar-refractivity contribution in [1.82, 2.24) is 19.4 Å². The second-order valence-electron chi connectivity index (χ2n) is 8.66. The third-order valence-corrected chi connectivity index (χ3v) is 6.41. The summed E-state index contributed by atoms with van der Waals surface area (Å²) < 4.78 is 1.79. The van der Waals surface area contributed by atoms with Gasteiger partial charge in [-0.2, -0.15) is 0 Å². The highest BCUT2D eigenvalue weighted by atomic mass is 16.6. The van der Waals surface area contributed by atoms with Crippen molar-refractivity contribution >= 4 is 28.6 Å². The van der Waals surface area contributed by atoms with Crippen molar-refractivity contribution < 1.29 is 9.72 Å². The van der Waals surface area contributed by atoms with Gasteiger partial charge in [0.15, 0.2) is 0 Å². The van der Waals surface area contributed by atoms with Gasteiger partial charge in [-0.1, -0.05) is 19.1 Å². The van der Waals surface area contributed by atoms with E-state index in [0.29, 0.717) is 43.6 Å². The number of carbonyl (C=O) groups excluding carboxylic acids is 1. The number of rotatable bonds is 7. The van der Waals surface area contributed by atoms with Crippen molar-refractivity contribution in [3.8, 4) is 0 Å². The van der Waals surface area contributed by atoms with Crippen LogP contribution in [0.2, 0.25) is 0 Å². The highest BCUT2D eigenvalue weighted by Gasteiger charge is 2.27. The number of hydrogen-bond acceptors (Lipinski definition) is 6. The Morgan fingerprint density at radius 3 is 2.46 bits per heavy atom. The number of nitro groups is 1. The topological polar surface area (TPSA) is 102 Å². The Kier molecular flexibility index (Phi) is 7.36. The van der Waals surface area contributed by atoms with E-state index < -0.39 is 4.92 Å². The highest BCUT2D eigenvalue weighted by Crippen LogP contribution is 2.22. The zero-order valence-electron chi connectivity index (χ0n) is 20.0. The van der Waals surface area contributed by atoms with E-state index in [1.165, 1.54) is 18.2 Å². The number of nitro benzene ring substituents is 1. The Bertz CT molecular complexity index is 1310. The van der Waals surface area contributed by atoms with E-state index in [4.69, 9.17) is 4.98 Å². The molecule has 1 atom stereocenters. The fourth-order valence-electron chi connectivity index (χ4n) is 4.42. The SMILES string of the molecule is CCCn1c(C(C)N2CCN(C(=O)/C=C/c3ccc([N+](=O)[O-])cc3)CC2)nc2ccccc2c1=O. The molecule has 0 spiro atoms. The first kappa shape index (κ1) is 24.3. The van der Waals surface area contributed by atoms with Gasteiger partial charge in [0.2, 0.25) is 5.91 Å². The van der Waals surface area contributed by atoms with Crippen molar-refractivity contribution in [3.63, 3.8) is 0 Å². The van der Waals surface area contributed by atoms with E-state index in [1.807, 2.05) is 31.2 Å². The summed E-state index contributed by atoms with van der Waals surface area (Å²) >= 11 is 0. The molecule has 0 saturated carbocycles. The number of fused-ring (bicyclic) bond motifs is 1. The molecule has 1 aromatic heterocycles. The predicted molar refractivity (Wildman–Crippen MR) is 135 cm³/mol. The molecule has 3 aromatic rings. The summed E-state index contributed by atoms with van der Waals surface area (Å²) in [7, 11) is 0. The molecular formula is C26H29N5O4. The van der Waals surface area contributed by atoms with Crippen LogP contribution in [0.3, 0.4) is 0 Å². The first-order chi connectivity index (χ1) is 16.9. The van der Waals surface area contributed by atoms with Gasteiger partial charge < -0.3 is 4.90 Å². The Balaban J connectivity index is 1.43. The summed E-state index contributed by atoms with van der Waals surface area (Å²) in [6, 6.07) is 13.5. The number of amides is 1. The lowest BCUT2D eigenvalue weighted by Gasteiger charge is -2.38. The lowest BCUT2D eigenvalue weighted by atomic mass is 10.1. The number of benzene rings is 2. The maximum absolute atomic E-state index is 13.1. The summed E-state index contributed by atoms with van der Waals surface area (Å²) in [5.41, 5.74) is 1.44. The Morgan fingerprint density at radius 2 is 1.80 bits per heavy atom. The van der Waals surface area contributed by atoms with Crippen molar-refractivity contribution in [3.05, 3.63) is 86.5 Å². The number of nitrogens with zero attached hydrogens (tertiary/aromatic N) is 5. The van der Waals surface area contributed by atoms with Crippen LogP contribution in [0.5, 0.6) is 0 Å². The van der Waals surface area contributed by atoms with Gasteiger partial charge >= 0.3 is 0 Å². The fourth-order valence-corrected chi connectivity index (χ4v) is 4.42. The Labute approximate surface area is 203 Å². The van der Waals surface area contributed by atoms with Crippen molar-refractivity contribution in [2.75, 3.05) is 26.2 Å². The average molecular weight is 476 g/mol. The molecule has 1 aliphatic heterocycles. The molecule has 1 amide bonds. The smallest absolute Gasteiger partial charge is 0.269 e. The summed E-state index contributed by atoms with van der Waals surface area (Å²) in [4.78, 5) is 45.0. The fraction of sp³-hybridized carbons (Fsp3) is 0.346. The van der Waals surface area contributed by atoms with Gasteiger partial charge in [0.25, 0.3) is 11.2 Å². The van der Waals surface area contributed by atoms with Gasteiger partial charge in [-0.25, -0.2) is 4.98 Å². The quantitative estimate of drug-likeness (QED) is 0.294. The molecule has 1 saturated heterocycles. The first-order valence-electron chi connectivity index (χ1n) is 11.8. The lowest BCUT2D eigenvalue weighted by molar-refractivity contribution is -0.384. The van der Waals surface area contributed by atoms with Crippen LogP contribution in [0.1, 0.15) is 37.7 Å². The van der Waals surface area contributed by atoms with Gasteiger partial charge in [-0.3, -0.25) is 29.2 Å². The maximum atomic E-state index is 13.1. The minimum Gasteiger partial charge on any atom is -0.337 e. The minimum absolute atomic E-state index is 0.00973. The Hall–Kier alpha value is -3.85. The van der Waals surface area contributed by atoms with E-state index in [2.05, 4.69) is 11.8 Å². The molecule has 182 valence electrons. The van der Waals surface area contributed by atoms with Gasteiger partial charge in [0, 0.05) is 50.9 Å². The molecule has 2 heterocycles. The molecule has 35 heavy (non-hydrogen) atoms. The lowest BCUT2D eigenvalue weighted by Crippen LogP contribution is -2.49. The molecule has 0 bridgehead atoms. The number of aromatic nitrogens is 2. The molecule has 1 fully saturated rings. The van der Waals surface area contributed by atoms with Crippen molar-refractivity contribution in [1.29, 1.82) is 0 Å². The van der Waals surface area contributed by atoms with Crippen LogP contribution < -0.4 is 5.56 Å². The number of para-hydroxylation sites is 1. The summed E-state index contributed by atoms with van der Waals surface area (Å²) in [6.07, 6.45) is 4.01. The summed E-state index contributed by atoms with van der Waals surface area (Å²) in [5.74, 6) is 0.663. The Morgan fingerprint density at radius 1 is 1.11 bits per heavy atom. The molecule has 2 aromatic carbocycles. The molecule has 4 rings (SSSR count). The standard InChI is InChI=1S/C26H29N5O4/c1-3-14-30-25(27-23-7-5-4-6-22(23)26(30)33)19(2)28-15-17-29(18-16-28)24(32)13-10-20-8-11-21(12-9-20)31(34)35/h4-13,19H,3,14-18H2,1-2H3/b13-10+. The molecule has 0 aliphatic carbocycles. The molecular weight excluding hydrogens is 446 g/mol. The average Bonchev–Trinajstić information content (AvgIpc) is 2.88. The van der Waals surface area contributed by atoms with Crippen LogP contribution in [0.4, 0.5) is 5.69 Å². The van der Waals surface area contributed by atoms with Crippen LogP contribution in [0.25, 0.3) is 17.0 Å². The second kappa shape index (κ2) is 10.6. The van der Waals surface area contributed by atoms with E-state index in [1.54, 1.807) is 27.7 Å². The largest absolute Gasteiger partial charge is 0.337 e. The molecule has 9 nitrogen and oxygen atoms in total. The third-order valence-electron chi connectivity index (χ3n) is 6.41. The minimum atomic E-state index is -0.450. The van der Waals surface area contributed by atoms with Crippen LogP contribution in [0.15, 0.2) is 59.4 Å². The van der Waals surface area contributed by atoms with E-state index >= 15 is 0 Å². The summed E-state index contributed by atoms with van der Waals surface area (Å²) in [6.45, 7) is 7.21. The molecule has 1 aliphatic rings. The molecule has 9 heteroatoms.